The minimum Gasteiger partial charge on any atom is -0.310 e. The molecular formula is C45H36NOPS. The zero-order valence-electron chi connectivity index (χ0n) is 27.5. The predicted molar refractivity (Wildman–Crippen MR) is 206 cm³/mol. The van der Waals surface area contributed by atoms with Gasteiger partial charge in [-0.2, -0.15) is 0 Å². The van der Waals surface area contributed by atoms with Gasteiger partial charge in [-0.15, -0.1) is 10.0 Å². The van der Waals surface area contributed by atoms with Crippen molar-refractivity contribution in [3.8, 4) is 0 Å². The first kappa shape index (κ1) is 30.0. The Kier molecular flexibility index (Phi) is 6.88. The molecule has 0 aliphatic carbocycles. The second-order valence-corrected chi connectivity index (χ2v) is 19.0. The van der Waals surface area contributed by atoms with Gasteiger partial charge in [-0.05, 0) is 77.9 Å². The van der Waals surface area contributed by atoms with Crippen LogP contribution in [-0.2, 0) is 9.98 Å². The highest BCUT2D eigenvalue weighted by atomic mass is 32.3. The van der Waals surface area contributed by atoms with Crippen LogP contribution in [0.1, 0.15) is 25.0 Å². The van der Waals surface area contributed by atoms with E-state index in [-0.39, 0.29) is 5.41 Å². The van der Waals surface area contributed by atoms with Crippen molar-refractivity contribution in [2.75, 3.05) is 4.90 Å². The molecule has 0 aromatic heterocycles. The van der Waals surface area contributed by atoms with Crippen LogP contribution >= 0.6 is 17.2 Å². The van der Waals surface area contributed by atoms with E-state index < -0.39 is 17.2 Å². The molecule has 0 fully saturated rings. The molecule has 2 aliphatic heterocycles. The fraction of sp³-hybridized carbons (Fsp3) is 0.0667. The van der Waals surface area contributed by atoms with Crippen LogP contribution in [-0.4, -0.2) is 0 Å². The van der Waals surface area contributed by atoms with Crippen LogP contribution in [0.2, 0.25) is 0 Å². The summed E-state index contributed by atoms with van der Waals surface area (Å²) >= 11 is 0. The van der Waals surface area contributed by atoms with Crippen molar-refractivity contribution in [2.45, 2.75) is 38.8 Å². The van der Waals surface area contributed by atoms with Crippen molar-refractivity contribution in [3.63, 3.8) is 0 Å². The van der Waals surface area contributed by atoms with Gasteiger partial charge in [-0.3, -0.25) is 0 Å². The maximum atomic E-state index is 16.2. The molecule has 2 heterocycles. The molecule has 7 aromatic rings. The number of fused-ring (bicyclic) bond motifs is 4. The standard InChI is InChI=1S/C45H36NOPS/c1-45(2)37-24-12-14-26-39(37)46(40-27-15-13-25-38(40)45)33-30-31-42-44(32-33)49(35-20-8-4-9-21-35,36-22-10-5-11-23-36)43-29-17-16-28-41(43)48(42,47)34-18-6-3-7-19-34/h3-32H,1-2H3. The summed E-state index contributed by atoms with van der Waals surface area (Å²) in [4.78, 5) is 7.15. The fourth-order valence-electron chi connectivity index (χ4n) is 8.13. The minimum atomic E-state index is -3.28. The maximum Gasteiger partial charge on any atom is 0.173 e. The number of anilines is 3. The molecule has 0 N–H and O–H groups in total. The molecule has 0 saturated heterocycles. The van der Waals surface area contributed by atoms with Crippen LogP contribution in [0.4, 0.5) is 17.1 Å². The van der Waals surface area contributed by atoms with E-state index in [1.54, 1.807) is 0 Å². The number of hydrogen-bond acceptors (Lipinski definition) is 2. The molecule has 238 valence electrons. The zero-order valence-corrected chi connectivity index (χ0v) is 29.2. The molecule has 1 atom stereocenters. The largest absolute Gasteiger partial charge is 0.310 e. The van der Waals surface area contributed by atoms with Crippen LogP contribution in [0.15, 0.2) is 202 Å². The van der Waals surface area contributed by atoms with Crippen molar-refractivity contribution in [2.24, 2.45) is 0 Å². The Hall–Kier alpha value is -5.08. The van der Waals surface area contributed by atoms with Gasteiger partial charge in [0.15, 0.2) is 7.14 Å². The highest BCUT2D eigenvalue weighted by molar-refractivity contribution is 8.34. The third-order valence-electron chi connectivity index (χ3n) is 10.4. The zero-order chi connectivity index (χ0) is 33.2. The van der Waals surface area contributed by atoms with Gasteiger partial charge in [0.1, 0.15) is 0 Å². The van der Waals surface area contributed by atoms with Gasteiger partial charge in [-0.25, -0.2) is 0 Å². The summed E-state index contributed by atoms with van der Waals surface area (Å²) in [6.45, 7) is 4.64. The topological polar surface area (TPSA) is 20.3 Å². The van der Waals surface area contributed by atoms with Crippen LogP contribution < -0.4 is 20.8 Å². The van der Waals surface area contributed by atoms with Crippen LogP contribution in [0.25, 0.3) is 0 Å². The van der Waals surface area contributed by atoms with Gasteiger partial charge >= 0.3 is 0 Å². The third kappa shape index (κ3) is 4.19. The Bertz CT molecular complexity index is 2320. The molecule has 49 heavy (non-hydrogen) atoms. The summed E-state index contributed by atoms with van der Waals surface area (Å²) in [5, 5.41) is 2.71. The van der Waals surface area contributed by atoms with E-state index in [1.807, 2.05) is 30.3 Å². The average Bonchev–Trinajstić information content (AvgIpc) is 3.16. The first-order valence-corrected chi connectivity index (χ1v) is 20.1. The molecule has 0 bridgehead atoms. The van der Waals surface area contributed by atoms with Crippen molar-refractivity contribution >= 4 is 50.1 Å². The lowest BCUT2D eigenvalue weighted by atomic mass is 9.73. The van der Waals surface area contributed by atoms with E-state index in [4.69, 9.17) is 0 Å². The van der Waals surface area contributed by atoms with E-state index in [1.165, 1.54) is 32.3 Å². The van der Waals surface area contributed by atoms with E-state index >= 15 is 4.57 Å². The average molecular weight is 670 g/mol. The first-order valence-electron chi connectivity index (χ1n) is 16.8. The van der Waals surface area contributed by atoms with E-state index in [2.05, 4.69) is 170 Å². The molecule has 2 nitrogen and oxygen atoms in total. The molecular weight excluding hydrogens is 634 g/mol. The van der Waals surface area contributed by atoms with Crippen LogP contribution in [0, 0.1) is 0 Å². The highest BCUT2D eigenvalue weighted by Crippen LogP contribution is 2.77. The summed E-state index contributed by atoms with van der Waals surface area (Å²) in [5.74, 6) is 0. The number of benzene rings is 7. The quantitative estimate of drug-likeness (QED) is 0.174. The minimum absolute atomic E-state index is 0.164. The first-order chi connectivity index (χ1) is 24.0. The van der Waals surface area contributed by atoms with Gasteiger partial charge < -0.3 is 9.46 Å². The Morgan fingerprint density at radius 1 is 0.490 bits per heavy atom. The maximum absolute atomic E-state index is 16.2. The van der Waals surface area contributed by atoms with Crippen molar-refractivity contribution in [1.82, 2.24) is 0 Å². The molecule has 0 spiro atoms. The summed E-state index contributed by atoms with van der Waals surface area (Å²) in [6, 6.07) is 64.8. The molecule has 0 amide bonds. The van der Waals surface area contributed by atoms with Crippen molar-refractivity contribution in [1.29, 1.82) is 0 Å². The van der Waals surface area contributed by atoms with Gasteiger partial charge in [0.05, 0.1) is 11.4 Å². The molecule has 2 aliphatic rings. The van der Waals surface area contributed by atoms with Crippen LogP contribution in [0.5, 0.6) is 0 Å². The third-order valence-corrected chi connectivity index (χ3v) is 17.8. The Labute approximate surface area is 290 Å². The molecule has 0 radical (unpaired) electrons. The Balaban J connectivity index is 1.43. The highest BCUT2D eigenvalue weighted by Gasteiger charge is 2.49. The molecule has 7 aromatic carbocycles. The van der Waals surface area contributed by atoms with Gasteiger partial charge in [-0.1, -0.05) is 129 Å². The second kappa shape index (κ2) is 11.2. The summed E-state index contributed by atoms with van der Waals surface area (Å²) < 4.78 is 16.2. The Morgan fingerprint density at radius 3 is 1.55 bits per heavy atom. The fourth-order valence-corrected chi connectivity index (χ4v) is 16.5. The predicted octanol–water partition coefficient (Wildman–Crippen LogP) is 11.1. The van der Waals surface area contributed by atoms with Gasteiger partial charge in [0.25, 0.3) is 0 Å². The number of hydrogen-bond donors (Lipinski definition) is 0. The summed E-state index contributed by atoms with van der Waals surface area (Å²) in [5.41, 5.74) is 5.83. The normalized spacial score (nSPS) is 18.7. The smallest absolute Gasteiger partial charge is 0.173 e. The van der Waals surface area contributed by atoms with Crippen molar-refractivity contribution < 1.29 is 4.57 Å². The van der Waals surface area contributed by atoms with E-state index in [0.29, 0.717) is 0 Å². The number of rotatable bonds is 4. The molecule has 1 unspecified atom stereocenters. The van der Waals surface area contributed by atoms with E-state index in [9.17, 15) is 0 Å². The second-order valence-electron chi connectivity index (χ2n) is 13.3. The van der Waals surface area contributed by atoms with Crippen molar-refractivity contribution in [3.05, 3.63) is 193 Å². The lowest BCUT2D eigenvalue weighted by Gasteiger charge is -2.49. The lowest BCUT2D eigenvalue weighted by molar-refractivity contribution is 0.591. The number of para-hydroxylation sites is 2. The SMILES string of the molecule is CC1(C)c2ccccc2N(c2ccc3c(c2)S(c2ccccc2)(c2ccccc2)c2ccccc2P3(=O)c2ccccc2)c2ccccc21. The molecule has 4 heteroatoms. The van der Waals surface area contributed by atoms with E-state index in [0.717, 1.165) is 31.4 Å². The lowest BCUT2D eigenvalue weighted by Crippen LogP contribution is -2.35. The molecule has 9 rings (SSSR count). The monoisotopic (exact) mass is 669 g/mol. The van der Waals surface area contributed by atoms with Gasteiger partial charge in [0.2, 0.25) is 0 Å². The summed E-state index contributed by atoms with van der Waals surface area (Å²) in [6.07, 6.45) is 0. The Morgan fingerprint density at radius 2 is 0.959 bits per heavy atom. The number of nitrogens with zero attached hydrogens (tertiary/aromatic N) is 1. The summed E-state index contributed by atoms with van der Waals surface area (Å²) in [7, 11) is -5.37. The van der Waals surface area contributed by atoms with Gasteiger partial charge in [0, 0.05) is 46.6 Å². The van der Waals surface area contributed by atoms with Crippen LogP contribution in [0.3, 0.4) is 0 Å². The molecule has 0 saturated carbocycles.